The van der Waals surface area contributed by atoms with Crippen LogP contribution in [0.3, 0.4) is 0 Å². The van der Waals surface area contributed by atoms with Gasteiger partial charge < -0.3 is 15.4 Å². The maximum Gasteiger partial charge on any atom is 0.286 e. The fraction of sp³-hybridized carbons (Fsp3) is 0.231. The third-order valence-electron chi connectivity index (χ3n) is 2.48. The molecular weight excluding hydrogens is 311 g/mol. The maximum atomic E-state index is 12.8. The van der Waals surface area contributed by atoms with Crippen molar-refractivity contribution < 1.29 is 18.7 Å². The van der Waals surface area contributed by atoms with Crippen molar-refractivity contribution in [2.24, 2.45) is 0 Å². The van der Waals surface area contributed by atoms with Crippen molar-refractivity contribution in [3.05, 3.63) is 40.1 Å². The Kier molecular flexibility index (Phi) is 5.50. The second-order valence-corrected chi connectivity index (χ2v) is 5.23. The number of carbonyl (C=O) groups is 2. The minimum Gasteiger partial charge on any atom is -0.375 e. The Bertz CT molecular complexity index is 660. The van der Waals surface area contributed by atoms with Crippen molar-refractivity contribution in [2.75, 3.05) is 19.0 Å². The van der Waals surface area contributed by atoms with E-state index in [2.05, 4.69) is 25.6 Å². The molecule has 2 rings (SSSR count). The van der Waals surface area contributed by atoms with E-state index in [1.54, 1.807) is 0 Å². The van der Waals surface area contributed by atoms with E-state index in [0.717, 1.165) is 11.3 Å². The van der Waals surface area contributed by atoms with E-state index in [-0.39, 0.29) is 29.9 Å². The highest BCUT2D eigenvalue weighted by Gasteiger charge is 2.13. The molecule has 0 aliphatic carbocycles. The Labute approximate surface area is 129 Å². The molecular formula is C13H13FN4O3S. The molecule has 1 aromatic heterocycles. The lowest BCUT2D eigenvalue weighted by Crippen LogP contribution is -2.26. The zero-order valence-corrected chi connectivity index (χ0v) is 12.4. The summed E-state index contributed by atoms with van der Waals surface area (Å²) in [5.41, 5.74) is 0.455. The fourth-order valence-corrected chi connectivity index (χ4v) is 2.17. The number of hydrogen-bond donors (Lipinski definition) is 2. The summed E-state index contributed by atoms with van der Waals surface area (Å²) in [5, 5.41) is 13.4. The number of carbonyl (C=O) groups excluding carboxylic acids is 2. The summed E-state index contributed by atoms with van der Waals surface area (Å²) < 4.78 is 17.5. The summed E-state index contributed by atoms with van der Waals surface area (Å²) in [6.07, 6.45) is 0. The first-order valence-corrected chi connectivity index (χ1v) is 7.05. The minimum atomic E-state index is -0.446. The van der Waals surface area contributed by atoms with Gasteiger partial charge in [0.15, 0.2) is 0 Å². The lowest BCUT2D eigenvalue weighted by molar-refractivity contribution is -0.124. The molecule has 0 aliphatic rings. The molecule has 0 saturated heterocycles. The van der Waals surface area contributed by atoms with Crippen LogP contribution < -0.4 is 10.6 Å². The second-order valence-electron chi connectivity index (χ2n) is 4.17. The maximum absolute atomic E-state index is 12.8. The molecule has 1 aromatic carbocycles. The van der Waals surface area contributed by atoms with Crippen LogP contribution in [0.25, 0.3) is 0 Å². The van der Waals surface area contributed by atoms with Crippen molar-refractivity contribution in [1.82, 2.24) is 15.5 Å². The first-order valence-electron chi connectivity index (χ1n) is 6.23. The summed E-state index contributed by atoms with van der Waals surface area (Å²) in [6, 6.07) is 5.37. The van der Waals surface area contributed by atoms with Gasteiger partial charge in [-0.1, -0.05) is 11.3 Å². The molecule has 7 nitrogen and oxygen atoms in total. The Morgan fingerprint density at radius 2 is 2.00 bits per heavy atom. The monoisotopic (exact) mass is 324 g/mol. The molecule has 1 heterocycles. The Morgan fingerprint density at radius 1 is 1.27 bits per heavy atom. The molecule has 0 atom stereocenters. The molecule has 116 valence electrons. The lowest BCUT2D eigenvalue weighted by atomic mass is 10.3. The van der Waals surface area contributed by atoms with Gasteiger partial charge in [0.05, 0.1) is 6.54 Å². The molecule has 2 aromatic rings. The number of halogens is 1. The van der Waals surface area contributed by atoms with Gasteiger partial charge in [-0.3, -0.25) is 9.59 Å². The van der Waals surface area contributed by atoms with Crippen LogP contribution in [0.15, 0.2) is 24.3 Å². The van der Waals surface area contributed by atoms with Crippen LogP contribution in [0.4, 0.5) is 10.1 Å². The minimum absolute atomic E-state index is 0.0449. The van der Waals surface area contributed by atoms with E-state index in [1.165, 1.54) is 31.4 Å². The average molecular weight is 324 g/mol. The number of nitrogens with one attached hydrogen (secondary N) is 2. The number of anilines is 1. The summed E-state index contributed by atoms with van der Waals surface area (Å²) in [4.78, 5) is 23.2. The fourth-order valence-electron chi connectivity index (χ4n) is 1.49. The summed E-state index contributed by atoms with van der Waals surface area (Å²) >= 11 is 1.06. The SMILES string of the molecule is COCC(=O)NCc1nnc(C(=O)Nc2ccc(F)cc2)s1. The zero-order chi connectivity index (χ0) is 15.9. The lowest BCUT2D eigenvalue weighted by Gasteiger charge is -2.01. The number of hydrogen-bond acceptors (Lipinski definition) is 6. The van der Waals surface area contributed by atoms with Gasteiger partial charge in [0.25, 0.3) is 5.91 Å². The summed E-state index contributed by atoms with van der Waals surface area (Å²) in [5.74, 6) is -1.11. The predicted octanol–water partition coefficient (Wildman–Crippen LogP) is 1.19. The first-order chi connectivity index (χ1) is 10.6. The van der Waals surface area contributed by atoms with Crippen molar-refractivity contribution in [3.8, 4) is 0 Å². The van der Waals surface area contributed by atoms with Crippen LogP contribution >= 0.6 is 11.3 Å². The standard InChI is InChI=1S/C13H13FN4O3S/c1-21-7-10(19)15-6-11-17-18-13(22-11)12(20)16-9-4-2-8(14)3-5-9/h2-5H,6-7H2,1H3,(H,15,19)(H,16,20). The van der Waals surface area contributed by atoms with E-state index in [4.69, 9.17) is 0 Å². The van der Waals surface area contributed by atoms with Gasteiger partial charge in [-0.05, 0) is 24.3 Å². The molecule has 0 bridgehead atoms. The van der Waals surface area contributed by atoms with Gasteiger partial charge in [0, 0.05) is 12.8 Å². The van der Waals surface area contributed by atoms with E-state index >= 15 is 0 Å². The average Bonchev–Trinajstić information content (AvgIpc) is 2.97. The molecule has 9 heteroatoms. The number of aromatic nitrogens is 2. The quantitative estimate of drug-likeness (QED) is 0.832. The van der Waals surface area contributed by atoms with Crippen LogP contribution in [-0.2, 0) is 16.1 Å². The third-order valence-corrected chi connectivity index (χ3v) is 3.40. The summed E-state index contributed by atoms with van der Waals surface area (Å²) in [7, 11) is 1.42. The summed E-state index contributed by atoms with van der Waals surface area (Å²) in [6.45, 7) is 0.125. The van der Waals surface area contributed by atoms with Crippen LogP contribution in [0.2, 0.25) is 0 Å². The van der Waals surface area contributed by atoms with Crippen LogP contribution in [0.5, 0.6) is 0 Å². The van der Waals surface area contributed by atoms with Crippen LogP contribution in [-0.4, -0.2) is 35.7 Å². The van der Waals surface area contributed by atoms with E-state index in [1.807, 2.05) is 0 Å². The molecule has 0 fully saturated rings. The molecule has 0 saturated carbocycles. The topological polar surface area (TPSA) is 93.2 Å². The molecule has 2 N–H and O–H groups in total. The van der Waals surface area contributed by atoms with Gasteiger partial charge in [-0.15, -0.1) is 10.2 Å². The van der Waals surface area contributed by atoms with Crippen molar-refractivity contribution in [3.63, 3.8) is 0 Å². The number of ether oxygens (including phenoxy) is 1. The van der Waals surface area contributed by atoms with Gasteiger partial charge >= 0.3 is 0 Å². The van der Waals surface area contributed by atoms with Gasteiger partial charge in [0.2, 0.25) is 10.9 Å². The highest BCUT2D eigenvalue weighted by Crippen LogP contribution is 2.13. The second kappa shape index (κ2) is 7.57. The van der Waals surface area contributed by atoms with Crippen molar-refractivity contribution >= 4 is 28.8 Å². The third kappa shape index (κ3) is 4.57. The zero-order valence-electron chi connectivity index (χ0n) is 11.6. The number of nitrogens with zero attached hydrogens (tertiary/aromatic N) is 2. The van der Waals surface area contributed by atoms with Crippen LogP contribution in [0, 0.1) is 5.82 Å². The van der Waals surface area contributed by atoms with E-state index < -0.39 is 5.91 Å². The first kappa shape index (κ1) is 16.0. The number of rotatable bonds is 6. The highest BCUT2D eigenvalue weighted by molar-refractivity contribution is 7.13. The van der Waals surface area contributed by atoms with Crippen LogP contribution in [0.1, 0.15) is 14.8 Å². The smallest absolute Gasteiger partial charge is 0.286 e. The molecule has 2 amide bonds. The predicted molar refractivity (Wildman–Crippen MR) is 78.0 cm³/mol. The number of benzene rings is 1. The molecule has 0 radical (unpaired) electrons. The molecule has 0 spiro atoms. The number of amides is 2. The van der Waals surface area contributed by atoms with Gasteiger partial charge in [-0.2, -0.15) is 0 Å². The van der Waals surface area contributed by atoms with Gasteiger partial charge in [-0.25, -0.2) is 4.39 Å². The Morgan fingerprint density at radius 3 is 2.68 bits per heavy atom. The molecule has 0 unspecified atom stereocenters. The normalized spacial score (nSPS) is 10.3. The largest absolute Gasteiger partial charge is 0.375 e. The Balaban J connectivity index is 1.91. The van der Waals surface area contributed by atoms with Crippen molar-refractivity contribution in [2.45, 2.75) is 6.54 Å². The van der Waals surface area contributed by atoms with E-state index in [9.17, 15) is 14.0 Å². The van der Waals surface area contributed by atoms with Crippen molar-refractivity contribution in [1.29, 1.82) is 0 Å². The Hall–Kier alpha value is -2.39. The van der Waals surface area contributed by atoms with Gasteiger partial charge in [0.1, 0.15) is 17.4 Å². The highest BCUT2D eigenvalue weighted by atomic mass is 32.1. The number of methoxy groups -OCH3 is 1. The van der Waals surface area contributed by atoms with E-state index in [0.29, 0.717) is 10.7 Å². The molecule has 22 heavy (non-hydrogen) atoms. The molecule has 0 aliphatic heterocycles.